The number of piperidine rings is 1. The van der Waals surface area contributed by atoms with Gasteiger partial charge >= 0.3 is 0 Å². The molecule has 0 aliphatic carbocycles. The highest BCUT2D eigenvalue weighted by Gasteiger charge is 2.25. The van der Waals surface area contributed by atoms with Gasteiger partial charge in [0.1, 0.15) is 0 Å². The highest BCUT2D eigenvalue weighted by Crippen LogP contribution is 2.16. The summed E-state index contributed by atoms with van der Waals surface area (Å²) in [6.07, 6.45) is 3.94. The Morgan fingerprint density at radius 2 is 2.20 bits per heavy atom. The Morgan fingerprint density at radius 1 is 1.45 bits per heavy atom. The largest absolute Gasteiger partial charge is 0.342 e. The van der Waals surface area contributed by atoms with E-state index in [-0.39, 0.29) is 36.8 Å². The van der Waals surface area contributed by atoms with Gasteiger partial charge in [-0.1, -0.05) is 13.0 Å². The van der Waals surface area contributed by atoms with Crippen molar-refractivity contribution >= 4 is 30.7 Å². The zero-order valence-electron chi connectivity index (χ0n) is 11.7. The SMILES string of the molecule is CC1CN(C(=O)CCc2ccccn2)CCC1N.Cl.Cl. The Kier molecular flexibility index (Phi) is 8.78. The standard InChI is InChI=1S/C14H21N3O.2ClH/c1-11-10-17(9-7-13(11)15)14(18)6-5-12-4-2-3-8-16-12;;/h2-4,8,11,13H,5-7,9-10,15H2,1H3;2*1H. The molecule has 1 aliphatic heterocycles. The molecule has 114 valence electrons. The van der Waals surface area contributed by atoms with Crippen molar-refractivity contribution in [2.45, 2.75) is 32.2 Å². The summed E-state index contributed by atoms with van der Waals surface area (Å²) in [6.45, 7) is 3.71. The van der Waals surface area contributed by atoms with E-state index in [1.807, 2.05) is 23.1 Å². The lowest BCUT2D eigenvalue weighted by atomic mass is 9.94. The monoisotopic (exact) mass is 319 g/mol. The number of aromatic nitrogens is 1. The molecule has 2 unspecified atom stereocenters. The smallest absolute Gasteiger partial charge is 0.222 e. The van der Waals surface area contributed by atoms with Gasteiger partial charge in [0.25, 0.3) is 0 Å². The normalized spacial score (nSPS) is 21.6. The zero-order chi connectivity index (χ0) is 13.0. The average Bonchev–Trinajstić information content (AvgIpc) is 2.40. The van der Waals surface area contributed by atoms with Gasteiger partial charge in [0.2, 0.25) is 5.91 Å². The minimum atomic E-state index is 0. The molecule has 1 saturated heterocycles. The Morgan fingerprint density at radius 3 is 2.80 bits per heavy atom. The number of nitrogens with zero attached hydrogens (tertiary/aromatic N) is 2. The zero-order valence-corrected chi connectivity index (χ0v) is 13.3. The first kappa shape index (κ1) is 19.2. The highest BCUT2D eigenvalue weighted by molar-refractivity contribution is 5.85. The molecule has 1 fully saturated rings. The number of halogens is 2. The fraction of sp³-hybridized carbons (Fsp3) is 0.571. The van der Waals surface area contributed by atoms with Gasteiger partial charge in [0.15, 0.2) is 0 Å². The van der Waals surface area contributed by atoms with Crippen molar-refractivity contribution in [3.8, 4) is 0 Å². The molecule has 0 aromatic carbocycles. The molecule has 20 heavy (non-hydrogen) atoms. The number of nitrogens with two attached hydrogens (primary N) is 1. The van der Waals surface area contributed by atoms with Gasteiger partial charge in [-0.25, -0.2) is 0 Å². The number of carbonyl (C=O) groups excluding carboxylic acids is 1. The van der Waals surface area contributed by atoms with Crippen LogP contribution in [0.15, 0.2) is 24.4 Å². The van der Waals surface area contributed by atoms with Gasteiger partial charge in [-0.3, -0.25) is 9.78 Å². The van der Waals surface area contributed by atoms with Crippen molar-refractivity contribution in [2.24, 2.45) is 11.7 Å². The second-order valence-corrected chi connectivity index (χ2v) is 5.09. The molecule has 4 nitrogen and oxygen atoms in total. The van der Waals surface area contributed by atoms with E-state index in [0.29, 0.717) is 12.3 Å². The van der Waals surface area contributed by atoms with E-state index in [9.17, 15) is 4.79 Å². The molecule has 1 aromatic heterocycles. The molecular weight excluding hydrogens is 297 g/mol. The molecule has 1 amide bonds. The highest BCUT2D eigenvalue weighted by atomic mass is 35.5. The van der Waals surface area contributed by atoms with Gasteiger partial charge in [-0.2, -0.15) is 0 Å². The predicted molar refractivity (Wildman–Crippen MR) is 85.4 cm³/mol. The molecule has 2 rings (SSSR count). The van der Waals surface area contributed by atoms with Crippen LogP contribution in [-0.2, 0) is 11.2 Å². The molecule has 2 N–H and O–H groups in total. The summed E-state index contributed by atoms with van der Waals surface area (Å²) in [5, 5.41) is 0. The van der Waals surface area contributed by atoms with Crippen LogP contribution in [0.4, 0.5) is 0 Å². The lowest BCUT2D eigenvalue weighted by Crippen LogP contribution is -2.48. The van der Waals surface area contributed by atoms with Crippen LogP contribution in [0.1, 0.15) is 25.5 Å². The molecular formula is C14H23Cl2N3O. The van der Waals surface area contributed by atoms with E-state index in [2.05, 4.69) is 11.9 Å². The molecule has 1 aliphatic rings. The number of carbonyl (C=O) groups is 1. The second kappa shape index (κ2) is 9.16. The van der Waals surface area contributed by atoms with Crippen LogP contribution in [0, 0.1) is 5.92 Å². The van der Waals surface area contributed by atoms with Gasteiger partial charge in [0, 0.05) is 37.4 Å². The summed E-state index contributed by atoms with van der Waals surface area (Å²) < 4.78 is 0. The Hall–Kier alpha value is -0.840. The van der Waals surface area contributed by atoms with E-state index >= 15 is 0 Å². The third-order valence-corrected chi connectivity index (χ3v) is 3.65. The predicted octanol–water partition coefficient (Wildman–Crippen LogP) is 2.05. The van der Waals surface area contributed by atoms with Crippen molar-refractivity contribution < 1.29 is 4.79 Å². The first-order chi connectivity index (χ1) is 8.66. The van der Waals surface area contributed by atoms with Crippen molar-refractivity contribution in [3.05, 3.63) is 30.1 Å². The maximum Gasteiger partial charge on any atom is 0.222 e. The number of likely N-dealkylation sites (tertiary alicyclic amines) is 1. The van der Waals surface area contributed by atoms with Crippen LogP contribution in [0.3, 0.4) is 0 Å². The summed E-state index contributed by atoms with van der Waals surface area (Å²) >= 11 is 0. The fourth-order valence-corrected chi connectivity index (χ4v) is 2.33. The van der Waals surface area contributed by atoms with Crippen LogP contribution >= 0.6 is 24.8 Å². The molecule has 0 saturated carbocycles. The fourth-order valence-electron chi connectivity index (χ4n) is 2.33. The molecule has 1 aromatic rings. The number of rotatable bonds is 3. The van der Waals surface area contributed by atoms with E-state index in [1.165, 1.54) is 0 Å². The van der Waals surface area contributed by atoms with Crippen LogP contribution in [0.5, 0.6) is 0 Å². The molecule has 0 radical (unpaired) electrons. The number of hydrogen-bond acceptors (Lipinski definition) is 3. The van der Waals surface area contributed by atoms with Crippen molar-refractivity contribution in [1.29, 1.82) is 0 Å². The number of pyridine rings is 1. The van der Waals surface area contributed by atoms with Crippen molar-refractivity contribution in [3.63, 3.8) is 0 Å². The lowest BCUT2D eigenvalue weighted by Gasteiger charge is -2.35. The van der Waals surface area contributed by atoms with E-state index in [4.69, 9.17) is 5.73 Å². The quantitative estimate of drug-likeness (QED) is 0.927. The third kappa shape index (κ3) is 5.27. The van der Waals surface area contributed by atoms with Crippen LogP contribution in [0.25, 0.3) is 0 Å². The summed E-state index contributed by atoms with van der Waals surface area (Å²) in [4.78, 5) is 18.3. The van der Waals surface area contributed by atoms with E-state index < -0.39 is 0 Å². The van der Waals surface area contributed by atoms with Crippen LogP contribution in [-0.4, -0.2) is 34.9 Å². The molecule has 0 bridgehead atoms. The average molecular weight is 320 g/mol. The van der Waals surface area contributed by atoms with Crippen molar-refractivity contribution in [2.75, 3.05) is 13.1 Å². The van der Waals surface area contributed by atoms with Crippen LogP contribution < -0.4 is 5.73 Å². The Bertz CT molecular complexity index is 403. The minimum absolute atomic E-state index is 0. The third-order valence-electron chi connectivity index (χ3n) is 3.65. The van der Waals surface area contributed by atoms with E-state index in [0.717, 1.165) is 31.6 Å². The number of aryl methyl sites for hydroxylation is 1. The maximum absolute atomic E-state index is 12.1. The summed E-state index contributed by atoms with van der Waals surface area (Å²) in [6, 6.07) is 6.04. The Labute approximate surface area is 132 Å². The topological polar surface area (TPSA) is 59.2 Å². The van der Waals surface area contributed by atoms with Gasteiger partial charge in [-0.15, -0.1) is 24.8 Å². The summed E-state index contributed by atoms with van der Waals surface area (Å²) in [7, 11) is 0. The second-order valence-electron chi connectivity index (χ2n) is 5.09. The molecule has 2 atom stereocenters. The van der Waals surface area contributed by atoms with Gasteiger partial charge in [0.05, 0.1) is 0 Å². The molecule has 2 heterocycles. The number of hydrogen-bond donors (Lipinski definition) is 1. The lowest BCUT2D eigenvalue weighted by molar-refractivity contribution is -0.133. The summed E-state index contributed by atoms with van der Waals surface area (Å²) in [5.41, 5.74) is 6.94. The van der Waals surface area contributed by atoms with Gasteiger partial charge in [-0.05, 0) is 30.9 Å². The van der Waals surface area contributed by atoms with Crippen molar-refractivity contribution in [1.82, 2.24) is 9.88 Å². The van der Waals surface area contributed by atoms with E-state index in [1.54, 1.807) is 6.20 Å². The molecule has 6 heteroatoms. The molecule has 0 spiro atoms. The van der Waals surface area contributed by atoms with Gasteiger partial charge < -0.3 is 10.6 Å². The summed E-state index contributed by atoms with van der Waals surface area (Å²) in [5.74, 6) is 0.622. The minimum Gasteiger partial charge on any atom is -0.342 e. The first-order valence-electron chi connectivity index (χ1n) is 6.60. The maximum atomic E-state index is 12.1. The first-order valence-corrected chi connectivity index (χ1v) is 6.60. The van der Waals surface area contributed by atoms with Crippen LogP contribution in [0.2, 0.25) is 0 Å². The number of amides is 1. The Balaban J connectivity index is 0.00000180.